The molecule has 0 fully saturated rings. The lowest BCUT2D eigenvalue weighted by Crippen LogP contribution is -2.19. The lowest BCUT2D eigenvalue weighted by molar-refractivity contribution is -0.115. The van der Waals surface area contributed by atoms with E-state index in [4.69, 9.17) is 5.73 Å². The van der Waals surface area contributed by atoms with Crippen molar-refractivity contribution in [1.82, 2.24) is 0 Å². The Morgan fingerprint density at radius 1 is 1.40 bits per heavy atom. The third-order valence-electron chi connectivity index (χ3n) is 3.88. The van der Waals surface area contributed by atoms with Gasteiger partial charge < -0.3 is 11.1 Å². The van der Waals surface area contributed by atoms with Crippen molar-refractivity contribution in [3.63, 3.8) is 0 Å². The van der Waals surface area contributed by atoms with Crippen LogP contribution in [0.2, 0.25) is 0 Å². The maximum Gasteiger partial charge on any atom is 0.251 e. The molecule has 5 heteroatoms. The maximum atomic E-state index is 11.7. The maximum absolute atomic E-state index is 11.7. The molecular weight excluding hydrogens is 272 g/mol. The van der Waals surface area contributed by atoms with E-state index in [2.05, 4.69) is 12.2 Å². The Balaban J connectivity index is 2.31. The van der Waals surface area contributed by atoms with Crippen LogP contribution in [0.25, 0.3) is 0 Å². The third-order valence-corrected chi connectivity index (χ3v) is 5.05. The Morgan fingerprint density at radius 2 is 2.15 bits per heavy atom. The van der Waals surface area contributed by atoms with Gasteiger partial charge in [-0.1, -0.05) is 26.7 Å². The van der Waals surface area contributed by atoms with Gasteiger partial charge in [0.2, 0.25) is 5.91 Å². The third kappa shape index (κ3) is 3.03. The van der Waals surface area contributed by atoms with Gasteiger partial charge >= 0.3 is 0 Å². The predicted molar refractivity (Wildman–Crippen MR) is 82.2 cm³/mol. The quantitative estimate of drug-likeness (QED) is 0.876. The van der Waals surface area contributed by atoms with Crippen LogP contribution in [0.15, 0.2) is 0 Å². The van der Waals surface area contributed by atoms with Crippen LogP contribution in [0.4, 0.5) is 5.00 Å². The molecule has 20 heavy (non-hydrogen) atoms. The van der Waals surface area contributed by atoms with Crippen LogP contribution in [0.5, 0.6) is 0 Å². The van der Waals surface area contributed by atoms with Crippen molar-refractivity contribution in [2.75, 3.05) is 5.32 Å². The molecule has 0 aliphatic heterocycles. The number of thiophene rings is 1. The van der Waals surface area contributed by atoms with E-state index in [1.807, 2.05) is 0 Å². The first-order valence-corrected chi connectivity index (χ1v) is 8.12. The topological polar surface area (TPSA) is 72.2 Å². The molecule has 3 N–H and O–H groups in total. The molecule has 1 unspecified atom stereocenters. The van der Waals surface area contributed by atoms with Crippen LogP contribution in [-0.4, -0.2) is 11.8 Å². The van der Waals surface area contributed by atoms with Gasteiger partial charge in [-0.2, -0.15) is 0 Å². The van der Waals surface area contributed by atoms with Crippen LogP contribution >= 0.6 is 11.3 Å². The van der Waals surface area contributed by atoms with Crippen LogP contribution in [0, 0.1) is 5.92 Å². The molecule has 0 bridgehead atoms. The number of primary amides is 1. The second-order valence-corrected chi connectivity index (χ2v) is 6.48. The first-order valence-electron chi connectivity index (χ1n) is 7.30. The lowest BCUT2D eigenvalue weighted by atomic mass is 9.84. The molecule has 1 aliphatic carbocycles. The number of anilines is 1. The number of amides is 2. The SMILES string of the molecule is CCCC1CCc2c(sc(NC(=O)CC)c2C(N)=O)C1. The fourth-order valence-electron chi connectivity index (χ4n) is 2.87. The number of hydrogen-bond donors (Lipinski definition) is 2. The van der Waals surface area contributed by atoms with Crippen molar-refractivity contribution in [2.45, 2.75) is 52.4 Å². The molecule has 2 rings (SSSR count). The van der Waals surface area contributed by atoms with E-state index in [-0.39, 0.29) is 5.91 Å². The van der Waals surface area contributed by atoms with Crippen LogP contribution in [-0.2, 0) is 17.6 Å². The largest absolute Gasteiger partial charge is 0.365 e. The number of carbonyl (C=O) groups is 2. The van der Waals surface area contributed by atoms with Gasteiger partial charge in [0.05, 0.1) is 5.56 Å². The molecule has 0 saturated heterocycles. The summed E-state index contributed by atoms with van der Waals surface area (Å²) in [5.41, 5.74) is 7.12. The van der Waals surface area contributed by atoms with Gasteiger partial charge in [0.15, 0.2) is 0 Å². The van der Waals surface area contributed by atoms with E-state index in [9.17, 15) is 9.59 Å². The predicted octanol–water partition coefficient (Wildman–Crippen LogP) is 3.10. The Hall–Kier alpha value is -1.36. The first-order chi connectivity index (χ1) is 9.56. The van der Waals surface area contributed by atoms with Gasteiger partial charge in [-0.3, -0.25) is 9.59 Å². The number of nitrogens with one attached hydrogen (secondary N) is 1. The summed E-state index contributed by atoms with van der Waals surface area (Å²) in [7, 11) is 0. The van der Waals surface area contributed by atoms with Crippen molar-refractivity contribution in [1.29, 1.82) is 0 Å². The van der Waals surface area contributed by atoms with E-state index in [0.717, 1.165) is 24.8 Å². The molecule has 4 nitrogen and oxygen atoms in total. The molecule has 2 amide bonds. The minimum atomic E-state index is -0.428. The van der Waals surface area contributed by atoms with Crippen LogP contribution in [0.3, 0.4) is 0 Å². The van der Waals surface area contributed by atoms with Crippen LogP contribution in [0.1, 0.15) is 60.3 Å². The number of fused-ring (bicyclic) bond motifs is 1. The fraction of sp³-hybridized carbons (Fsp3) is 0.600. The van der Waals surface area contributed by atoms with E-state index < -0.39 is 5.91 Å². The highest BCUT2D eigenvalue weighted by Gasteiger charge is 2.28. The van der Waals surface area contributed by atoms with Gasteiger partial charge in [0, 0.05) is 11.3 Å². The molecule has 1 aromatic rings. The minimum Gasteiger partial charge on any atom is -0.365 e. The zero-order valence-corrected chi connectivity index (χ0v) is 12.9. The van der Waals surface area contributed by atoms with E-state index >= 15 is 0 Å². The van der Waals surface area contributed by atoms with Gasteiger partial charge in [0.1, 0.15) is 5.00 Å². The average Bonchev–Trinajstić information content (AvgIpc) is 2.76. The monoisotopic (exact) mass is 294 g/mol. The molecule has 0 saturated carbocycles. The van der Waals surface area contributed by atoms with Gasteiger partial charge in [-0.25, -0.2) is 0 Å². The minimum absolute atomic E-state index is 0.0730. The molecular formula is C15H22N2O2S. The molecule has 110 valence electrons. The lowest BCUT2D eigenvalue weighted by Gasteiger charge is -2.21. The molecule has 1 aromatic heterocycles. The van der Waals surface area contributed by atoms with Crippen molar-refractivity contribution in [3.8, 4) is 0 Å². The normalized spacial score (nSPS) is 17.6. The van der Waals surface area contributed by atoms with Gasteiger partial charge in [-0.15, -0.1) is 11.3 Å². The second kappa shape index (κ2) is 6.39. The highest BCUT2D eigenvalue weighted by Crippen LogP contribution is 2.40. The number of hydrogen-bond acceptors (Lipinski definition) is 3. The summed E-state index contributed by atoms with van der Waals surface area (Å²) in [5.74, 6) is 0.195. The van der Waals surface area contributed by atoms with Gasteiger partial charge in [0.25, 0.3) is 5.91 Å². The van der Waals surface area contributed by atoms with Crippen molar-refractivity contribution >= 4 is 28.2 Å². The summed E-state index contributed by atoms with van der Waals surface area (Å²) in [4.78, 5) is 24.5. The van der Waals surface area contributed by atoms with Crippen molar-refractivity contribution in [2.24, 2.45) is 11.7 Å². The molecule has 1 aliphatic rings. The zero-order chi connectivity index (χ0) is 14.7. The summed E-state index contributed by atoms with van der Waals surface area (Å²) in [6, 6.07) is 0. The Labute approximate surface area is 123 Å². The summed E-state index contributed by atoms with van der Waals surface area (Å²) in [5, 5.41) is 3.47. The smallest absolute Gasteiger partial charge is 0.251 e. The zero-order valence-electron chi connectivity index (χ0n) is 12.1. The summed E-state index contributed by atoms with van der Waals surface area (Å²) in [6.45, 7) is 4.00. The Morgan fingerprint density at radius 3 is 2.75 bits per heavy atom. The van der Waals surface area contributed by atoms with Crippen LogP contribution < -0.4 is 11.1 Å². The van der Waals surface area contributed by atoms with Gasteiger partial charge in [-0.05, 0) is 30.7 Å². The molecule has 0 aromatic carbocycles. The fourth-order valence-corrected chi connectivity index (χ4v) is 4.26. The Kier molecular flexibility index (Phi) is 4.81. The summed E-state index contributed by atoms with van der Waals surface area (Å²) in [6.07, 6.45) is 5.83. The van der Waals surface area contributed by atoms with E-state index in [0.29, 0.717) is 22.9 Å². The number of carbonyl (C=O) groups excluding carboxylic acids is 2. The average molecular weight is 294 g/mol. The second-order valence-electron chi connectivity index (χ2n) is 5.37. The highest BCUT2D eigenvalue weighted by molar-refractivity contribution is 7.17. The number of nitrogens with two attached hydrogens (primary N) is 1. The van der Waals surface area contributed by atoms with E-state index in [1.165, 1.54) is 29.1 Å². The summed E-state index contributed by atoms with van der Waals surface area (Å²) >= 11 is 1.53. The molecule has 0 spiro atoms. The van der Waals surface area contributed by atoms with E-state index in [1.54, 1.807) is 6.92 Å². The first kappa shape index (κ1) is 15.0. The summed E-state index contributed by atoms with van der Waals surface area (Å²) < 4.78 is 0. The molecule has 1 heterocycles. The van der Waals surface area contributed by atoms with Crippen molar-refractivity contribution in [3.05, 3.63) is 16.0 Å². The molecule has 1 atom stereocenters. The molecule has 0 radical (unpaired) electrons. The number of rotatable bonds is 5. The standard InChI is InChI=1S/C15H22N2O2S/c1-3-5-9-6-7-10-11(8-9)20-15(13(10)14(16)19)17-12(18)4-2/h9H,3-8H2,1-2H3,(H2,16,19)(H,17,18). The van der Waals surface area contributed by atoms with Crippen molar-refractivity contribution < 1.29 is 9.59 Å². The Bertz CT molecular complexity index is 522. The highest BCUT2D eigenvalue weighted by atomic mass is 32.1.